The molecule has 0 saturated carbocycles. The lowest BCUT2D eigenvalue weighted by Gasteiger charge is -2.24. The van der Waals surface area contributed by atoms with Crippen molar-refractivity contribution in [2.75, 3.05) is 6.54 Å². The number of hydrogen-bond acceptors (Lipinski definition) is 3. The van der Waals surface area contributed by atoms with Crippen molar-refractivity contribution in [1.29, 1.82) is 0 Å². The van der Waals surface area contributed by atoms with E-state index in [1.165, 1.54) is 6.07 Å². The normalized spacial score (nSPS) is 18.9. The van der Waals surface area contributed by atoms with E-state index in [0.717, 1.165) is 12.8 Å². The van der Waals surface area contributed by atoms with E-state index in [9.17, 15) is 14.7 Å². The molecule has 4 heteroatoms. The molecule has 0 aromatic heterocycles. The first-order valence-electron chi connectivity index (χ1n) is 6.18. The van der Waals surface area contributed by atoms with Crippen molar-refractivity contribution in [3.63, 3.8) is 0 Å². The summed E-state index contributed by atoms with van der Waals surface area (Å²) >= 11 is 0. The first-order valence-corrected chi connectivity index (χ1v) is 6.18. The van der Waals surface area contributed by atoms with Crippen LogP contribution in [0.2, 0.25) is 0 Å². The van der Waals surface area contributed by atoms with Gasteiger partial charge in [0.25, 0.3) is 5.91 Å². The molecule has 1 N–H and O–H groups in total. The van der Waals surface area contributed by atoms with Gasteiger partial charge in [0.1, 0.15) is 11.5 Å². The highest BCUT2D eigenvalue weighted by Gasteiger charge is 2.30. The van der Waals surface area contributed by atoms with E-state index in [0.29, 0.717) is 18.5 Å². The SMILES string of the molecule is CC(=O)CC1CCCN1C(=O)c1ccccc1O. The van der Waals surface area contributed by atoms with E-state index >= 15 is 0 Å². The van der Waals surface area contributed by atoms with Gasteiger partial charge in [0.2, 0.25) is 0 Å². The van der Waals surface area contributed by atoms with Crippen LogP contribution in [0.3, 0.4) is 0 Å². The van der Waals surface area contributed by atoms with E-state index in [1.54, 1.807) is 30.0 Å². The van der Waals surface area contributed by atoms with Crippen LogP contribution in [0.4, 0.5) is 0 Å². The number of carbonyl (C=O) groups is 2. The molecule has 0 bridgehead atoms. The summed E-state index contributed by atoms with van der Waals surface area (Å²) in [5.41, 5.74) is 0.313. The van der Waals surface area contributed by atoms with E-state index in [4.69, 9.17) is 0 Å². The van der Waals surface area contributed by atoms with Crippen LogP contribution in [0.1, 0.15) is 36.5 Å². The van der Waals surface area contributed by atoms with Gasteiger partial charge in [-0.15, -0.1) is 0 Å². The fourth-order valence-electron chi connectivity index (χ4n) is 2.46. The Hall–Kier alpha value is -1.84. The molecule has 96 valence electrons. The predicted octanol–water partition coefficient (Wildman–Crippen LogP) is 1.98. The van der Waals surface area contributed by atoms with Crippen LogP contribution >= 0.6 is 0 Å². The quantitative estimate of drug-likeness (QED) is 0.888. The van der Waals surface area contributed by atoms with Gasteiger partial charge in [-0.25, -0.2) is 0 Å². The molecule has 2 rings (SSSR count). The highest BCUT2D eigenvalue weighted by atomic mass is 16.3. The van der Waals surface area contributed by atoms with E-state index < -0.39 is 0 Å². The number of phenolic OH excluding ortho intramolecular Hbond substituents is 1. The molecule has 1 aliphatic rings. The van der Waals surface area contributed by atoms with Crippen molar-refractivity contribution in [2.24, 2.45) is 0 Å². The van der Waals surface area contributed by atoms with Gasteiger partial charge in [0.15, 0.2) is 0 Å². The zero-order valence-electron chi connectivity index (χ0n) is 10.4. The summed E-state index contributed by atoms with van der Waals surface area (Å²) < 4.78 is 0. The maximum Gasteiger partial charge on any atom is 0.257 e. The summed E-state index contributed by atoms with van der Waals surface area (Å²) in [6.07, 6.45) is 2.18. The van der Waals surface area contributed by atoms with Crippen molar-refractivity contribution in [2.45, 2.75) is 32.2 Å². The topological polar surface area (TPSA) is 57.6 Å². The number of phenols is 1. The molecular formula is C14H17NO3. The van der Waals surface area contributed by atoms with E-state index in [-0.39, 0.29) is 23.5 Å². The minimum Gasteiger partial charge on any atom is -0.507 e. The number of aromatic hydroxyl groups is 1. The van der Waals surface area contributed by atoms with Gasteiger partial charge in [-0.2, -0.15) is 0 Å². The summed E-state index contributed by atoms with van der Waals surface area (Å²) in [5, 5.41) is 9.69. The minimum atomic E-state index is -0.183. The third kappa shape index (κ3) is 2.53. The average molecular weight is 247 g/mol. The second-order valence-corrected chi connectivity index (χ2v) is 4.72. The van der Waals surface area contributed by atoms with Gasteiger partial charge in [0, 0.05) is 19.0 Å². The second kappa shape index (κ2) is 5.21. The van der Waals surface area contributed by atoms with Gasteiger partial charge in [0.05, 0.1) is 5.56 Å². The first-order chi connectivity index (χ1) is 8.59. The number of Topliss-reactive ketones (excluding diaryl/α,β-unsaturated/α-hetero) is 1. The third-order valence-corrected chi connectivity index (χ3v) is 3.30. The van der Waals surface area contributed by atoms with Crippen molar-refractivity contribution in [1.82, 2.24) is 4.90 Å². The number of ketones is 1. The number of carbonyl (C=O) groups excluding carboxylic acids is 2. The van der Waals surface area contributed by atoms with Crippen LogP contribution in [-0.2, 0) is 4.79 Å². The molecule has 1 atom stereocenters. The zero-order chi connectivity index (χ0) is 13.1. The summed E-state index contributed by atoms with van der Waals surface area (Å²) in [5.74, 6) is -0.0928. The monoisotopic (exact) mass is 247 g/mol. The van der Waals surface area contributed by atoms with Crippen molar-refractivity contribution in [3.8, 4) is 5.75 Å². The molecule has 1 fully saturated rings. The van der Waals surface area contributed by atoms with Gasteiger partial charge >= 0.3 is 0 Å². The molecule has 0 aliphatic carbocycles. The number of nitrogens with zero attached hydrogens (tertiary/aromatic N) is 1. The van der Waals surface area contributed by atoms with Crippen LogP contribution in [-0.4, -0.2) is 34.3 Å². The number of amides is 1. The van der Waals surface area contributed by atoms with Gasteiger partial charge < -0.3 is 10.0 Å². The molecule has 1 unspecified atom stereocenters. The number of benzene rings is 1. The Morgan fingerprint density at radius 2 is 2.11 bits per heavy atom. The standard InChI is InChI=1S/C14H17NO3/c1-10(16)9-11-5-4-8-15(11)14(18)12-6-2-3-7-13(12)17/h2-3,6-7,11,17H,4-5,8-9H2,1H3. The minimum absolute atomic E-state index is 0.00373. The Bertz CT molecular complexity index is 470. The largest absolute Gasteiger partial charge is 0.507 e. The molecule has 18 heavy (non-hydrogen) atoms. The smallest absolute Gasteiger partial charge is 0.257 e. The molecule has 1 aromatic rings. The first kappa shape index (κ1) is 12.6. The van der Waals surface area contributed by atoms with Crippen LogP contribution in [0, 0.1) is 0 Å². The Morgan fingerprint density at radius 1 is 1.39 bits per heavy atom. The maximum absolute atomic E-state index is 12.3. The van der Waals surface area contributed by atoms with E-state index in [2.05, 4.69) is 0 Å². The molecular weight excluding hydrogens is 230 g/mol. The van der Waals surface area contributed by atoms with Crippen LogP contribution in [0.5, 0.6) is 5.75 Å². The lowest BCUT2D eigenvalue weighted by Crippen LogP contribution is -2.36. The lowest BCUT2D eigenvalue weighted by atomic mass is 10.1. The molecule has 0 spiro atoms. The Morgan fingerprint density at radius 3 is 2.78 bits per heavy atom. The van der Waals surface area contributed by atoms with Gasteiger partial charge in [-0.05, 0) is 31.9 Å². The third-order valence-electron chi connectivity index (χ3n) is 3.30. The lowest BCUT2D eigenvalue weighted by molar-refractivity contribution is -0.117. The zero-order valence-corrected chi connectivity index (χ0v) is 10.4. The Labute approximate surface area is 106 Å². The Kier molecular flexibility index (Phi) is 3.65. The molecule has 1 aliphatic heterocycles. The Balaban J connectivity index is 2.18. The van der Waals surface area contributed by atoms with Crippen LogP contribution < -0.4 is 0 Å². The summed E-state index contributed by atoms with van der Waals surface area (Å²) in [6, 6.07) is 6.51. The highest BCUT2D eigenvalue weighted by Crippen LogP contribution is 2.25. The summed E-state index contributed by atoms with van der Waals surface area (Å²) in [4.78, 5) is 25.2. The van der Waals surface area contributed by atoms with E-state index in [1.807, 2.05) is 0 Å². The second-order valence-electron chi connectivity index (χ2n) is 4.72. The van der Waals surface area contributed by atoms with Crippen molar-refractivity contribution in [3.05, 3.63) is 29.8 Å². The number of para-hydroxylation sites is 1. The molecule has 1 saturated heterocycles. The summed E-state index contributed by atoms with van der Waals surface area (Å²) in [6.45, 7) is 2.20. The maximum atomic E-state index is 12.3. The number of hydrogen-bond donors (Lipinski definition) is 1. The fourth-order valence-corrected chi connectivity index (χ4v) is 2.46. The van der Waals surface area contributed by atoms with Gasteiger partial charge in [-0.3, -0.25) is 9.59 Å². The van der Waals surface area contributed by atoms with Crippen LogP contribution in [0.25, 0.3) is 0 Å². The summed E-state index contributed by atoms with van der Waals surface area (Å²) in [7, 11) is 0. The molecule has 1 heterocycles. The molecule has 1 aromatic carbocycles. The van der Waals surface area contributed by atoms with Crippen molar-refractivity contribution < 1.29 is 14.7 Å². The average Bonchev–Trinajstić information content (AvgIpc) is 2.76. The molecule has 1 amide bonds. The highest BCUT2D eigenvalue weighted by molar-refractivity contribution is 5.97. The predicted molar refractivity (Wildman–Crippen MR) is 67.5 cm³/mol. The number of likely N-dealkylation sites (tertiary alicyclic amines) is 1. The molecule has 4 nitrogen and oxygen atoms in total. The molecule has 0 radical (unpaired) electrons. The van der Waals surface area contributed by atoms with Crippen LogP contribution in [0.15, 0.2) is 24.3 Å². The van der Waals surface area contributed by atoms with Crippen molar-refractivity contribution >= 4 is 11.7 Å². The van der Waals surface area contributed by atoms with Gasteiger partial charge in [-0.1, -0.05) is 12.1 Å². The number of rotatable bonds is 3. The fraction of sp³-hybridized carbons (Fsp3) is 0.429.